The molecule has 0 aliphatic heterocycles. The molecule has 0 N–H and O–H groups in total. The number of rotatable bonds is 3. The third-order valence-corrected chi connectivity index (χ3v) is 4.46. The third-order valence-electron chi connectivity index (χ3n) is 3.52. The lowest BCUT2D eigenvalue weighted by atomic mass is 9.97. The summed E-state index contributed by atoms with van der Waals surface area (Å²) in [5.41, 5.74) is 2.95. The highest BCUT2D eigenvalue weighted by atomic mass is 32.1. The van der Waals surface area contributed by atoms with Gasteiger partial charge in [-0.05, 0) is 29.1 Å². The van der Waals surface area contributed by atoms with Crippen molar-refractivity contribution in [2.75, 3.05) is 0 Å². The first-order valence-electron chi connectivity index (χ1n) is 6.85. The Labute approximate surface area is 126 Å². The van der Waals surface area contributed by atoms with Crippen LogP contribution in [0.4, 0.5) is 0 Å². The van der Waals surface area contributed by atoms with E-state index in [1.165, 1.54) is 10.4 Å². The lowest BCUT2D eigenvalue weighted by Crippen LogP contribution is -2.01. The van der Waals surface area contributed by atoms with Crippen molar-refractivity contribution in [2.45, 2.75) is 5.92 Å². The average molecular weight is 291 g/mol. The van der Waals surface area contributed by atoms with Gasteiger partial charge in [-0.2, -0.15) is 0 Å². The summed E-state index contributed by atoms with van der Waals surface area (Å²) in [6.07, 6.45) is 0. The van der Waals surface area contributed by atoms with Crippen molar-refractivity contribution in [3.8, 4) is 0 Å². The van der Waals surface area contributed by atoms with Crippen LogP contribution in [0, 0.1) is 0 Å². The zero-order valence-corrected chi connectivity index (χ0v) is 12.1. The molecule has 2 heterocycles. The van der Waals surface area contributed by atoms with Gasteiger partial charge in [0.1, 0.15) is 5.52 Å². The van der Waals surface area contributed by atoms with E-state index in [9.17, 15) is 0 Å². The second-order valence-corrected chi connectivity index (χ2v) is 5.86. The molecule has 102 valence electrons. The maximum absolute atomic E-state index is 6.00. The molecule has 0 saturated carbocycles. The van der Waals surface area contributed by atoms with Gasteiger partial charge in [0.25, 0.3) is 0 Å². The SMILES string of the molecule is c1ccc(C(c2nc3ccccc3o2)c2cccs2)cc1. The summed E-state index contributed by atoms with van der Waals surface area (Å²) in [5, 5.41) is 2.09. The van der Waals surface area contributed by atoms with E-state index in [1.54, 1.807) is 11.3 Å². The Morgan fingerprint density at radius 2 is 1.67 bits per heavy atom. The Balaban J connectivity index is 1.90. The first-order valence-corrected chi connectivity index (χ1v) is 7.73. The van der Waals surface area contributed by atoms with Gasteiger partial charge < -0.3 is 4.42 Å². The molecule has 3 heteroatoms. The van der Waals surface area contributed by atoms with Crippen LogP contribution in [-0.2, 0) is 0 Å². The fourth-order valence-corrected chi connectivity index (χ4v) is 3.39. The highest BCUT2D eigenvalue weighted by Gasteiger charge is 2.23. The summed E-state index contributed by atoms with van der Waals surface area (Å²) in [4.78, 5) is 5.93. The van der Waals surface area contributed by atoms with Crippen molar-refractivity contribution in [1.29, 1.82) is 0 Å². The van der Waals surface area contributed by atoms with E-state index in [0.29, 0.717) is 0 Å². The maximum Gasteiger partial charge on any atom is 0.208 e. The van der Waals surface area contributed by atoms with Crippen LogP contribution in [0.3, 0.4) is 0 Å². The second-order valence-electron chi connectivity index (χ2n) is 4.88. The molecule has 0 spiro atoms. The molecule has 0 aliphatic rings. The molecule has 0 saturated heterocycles. The van der Waals surface area contributed by atoms with Gasteiger partial charge in [0.2, 0.25) is 5.89 Å². The summed E-state index contributed by atoms with van der Waals surface area (Å²) >= 11 is 1.73. The molecule has 2 aromatic carbocycles. The normalized spacial score (nSPS) is 12.6. The van der Waals surface area contributed by atoms with Gasteiger partial charge in [0, 0.05) is 4.88 Å². The van der Waals surface area contributed by atoms with E-state index in [2.05, 4.69) is 46.8 Å². The zero-order valence-electron chi connectivity index (χ0n) is 11.3. The van der Waals surface area contributed by atoms with Crippen molar-refractivity contribution in [3.63, 3.8) is 0 Å². The molecule has 0 bridgehead atoms. The number of aromatic nitrogens is 1. The molecule has 2 nitrogen and oxygen atoms in total. The van der Waals surface area contributed by atoms with Gasteiger partial charge in [0.05, 0.1) is 5.92 Å². The fraction of sp³-hybridized carbons (Fsp3) is 0.0556. The summed E-state index contributed by atoms with van der Waals surface area (Å²) in [5.74, 6) is 0.809. The number of hydrogen-bond donors (Lipinski definition) is 0. The Bertz CT molecular complexity index is 816. The van der Waals surface area contributed by atoms with E-state index >= 15 is 0 Å². The van der Waals surface area contributed by atoms with Crippen LogP contribution in [0.5, 0.6) is 0 Å². The number of para-hydroxylation sites is 2. The van der Waals surface area contributed by atoms with Gasteiger partial charge in [-0.3, -0.25) is 0 Å². The van der Waals surface area contributed by atoms with E-state index in [1.807, 2.05) is 30.3 Å². The van der Waals surface area contributed by atoms with Crippen LogP contribution in [0.25, 0.3) is 11.1 Å². The van der Waals surface area contributed by atoms with E-state index in [4.69, 9.17) is 4.42 Å². The number of nitrogens with zero attached hydrogens (tertiary/aromatic N) is 1. The molecule has 2 aromatic heterocycles. The molecule has 1 atom stereocenters. The number of hydrogen-bond acceptors (Lipinski definition) is 3. The summed E-state index contributed by atoms with van der Waals surface area (Å²) in [6, 6.07) is 22.5. The van der Waals surface area contributed by atoms with Crippen LogP contribution < -0.4 is 0 Å². The lowest BCUT2D eigenvalue weighted by molar-refractivity contribution is 0.524. The molecule has 1 unspecified atom stereocenters. The Hall–Kier alpha value is -2.39. The van der Waals surface area contributed by atoms with Crippen LogP contribution in [-0.4, -0.2) is 4.98 Å². The number of benzene rings is 2. The second kappa shape index (κ2) is 5.19. The molecule has 4 rings (SSSR count). The van der Waals surface area contributed by atoms with Crippen molar-refractivity contribution in [1.82, 2.24) is 4.98 Å². The Morgan fingerprint density at radius 1 is 0.857 bits per heavy atom. The fourth-order valence-electron chi connectivity index (χ4n) is 2.54. The van der Waals surface area contributed by atoms with Gasteiger partial charge >= 0.3 is 0 Å². The number of thiophene rings is 1. The third kappa shape index (κ3) is 2.26. The zero-order chi connectivity index (χ0) is 14.1. The minimum atomic E-state index is 0.0543. The van der Waals surface area contributed by atoms with Gasteiger partial charge in [-0.1, -0.05) is 48.5 Å². The van der Waals surface area contributed by atoms with Crippen molar-refractivity contribution < 1.29 is 4.42 Å². The van der Waals surface area contributed by atoms with E-state index in [-0.39, 0.29) is 5.92 Å². The molecular weight excluding hydrogens is 278 g/mol. The first-order chi connectivity index (χ1) is 10.4. The minimum Gasteiger partial charge on any atom is -0.440 e. The summed E-state index contributed by atoms with van der Waals surface area (Å²) < 4.78 is 6.00. The van der Waals surface area contributed by atoms with Crippen LogP contribution in [0.15, 0.2) is 76.5 Å². The molecule has 0 amide bonds. The van der Waals surface area contributed by atoms with E-state index in [0.717, 1.165) is 17.0 Å². The predicted octanol–water partition coefficient (Wildman–Crippen LogP) is 5.07. The van der Waals surface area contributed by atoms with E-state index < -0.39 is 0 Å². The molecular formula is C18H13NOS. The van der Waals surface area contributed by atoms with Crippen LogP contribution in [0.1, 0.15) is 22.2 Å². The van der Waals surface area contributed by atoms with Crippen LogP contribution >= 0.6 is 11.3 Å². The number of oxazole rings is 1. The van der Waals surface area contributed by atoms with Crippen molar-refractivity contribution >= 4 is 22.4 Å². The first kappa shape index (κ1) is 12.4. The molecule has 4 aromatic rings. The monoisotopic (exact) mass is 291 g/mol. The molecule has 0 fully saturated rings. The number of fused-ring (bicyclic) bond motifs is 1. The molecule has 0 aliphatic carbocycles. The minimum absolute atomic E-state index is 0.0543. The standard InChI is InChI=1S/C18H13NOS/c1-2-7-13(8-3-1)17(16-11-6-12-21-16)18-19-14-9-4-5-10-15(14)20-18/h1-12,17H. The van der Waals surface area contributed by atoms with Crippen LogP contribution in [0.2, 0.25) is 0 Å². The van der Waals surface area contributed by atoms with Gasteiger partial charge in [-0.15, -0.1) is 11.3 Å². The topological polar surface area (TPSA) is 26.0 Å². The largest absolute Gasteiger partial charge is 0.440 e. The Morgan fingerprint density at radius 3 is 2.43 bits per heavy atom. The van der Waals surface area contributed by atoms with Gasteiger partial charge in [0.15, 0.2) is 5.58 Å². The predicted molar refractivity (Wildman–Crippen MR) is 85.7 cm³/mol. The van der Waals surface area contributed by atoms with Crippen molar-refractivity contribution in [2.24, 2.45) is 0 Å². The maximum atomic E-state index is 6.00. The lowest BCUT2D eigenvalue weighted by Gasteiger charge is -2.11. The average Bonchev–Trinajstić information content (AvgIpc) is 3.18. The summed E-state index contributed by atoms with van der Waals surface area (Å²) in [7, 11) is 0. The smallest absolute Gasteiger partial charge is 0.208 e. The molecule has 0 radical (unpaired) electrons. The Kier molecular flexibility index (Phi) is 3.05. The highest BCUT2D eigenvalue weighted by molar-refractivity contribution is 7.10. The van der Waals surface area contributed by atoms with Gasteiger partial charge in [-0.25, -0.2) is 4.98 Å². The highest BCUT2D eigenvalue weighted by Crippen LogP contribution is 2.35. The summed E-state index contributed by atoms with van der Waals surface area (Å²) in [6.45, 7) is 0. The quantitative estimate of drug-likeness (QED) is 0.526. The molecule has 21 heavy (non-hydrogen) atoms. The van der Waals surface area contributed by atoms with Crippen molar-refractivity contribution in [3.05, 3.63) is 88.4 Å².